The number of amides is 2. The number of hydrogen-bond donors (Lipinski definition) is 1. The van der Waals surface area contributed by atoms with Gasteiger partial charge in [-0.1, -0.05) is 11.6 Å². The molecule has 0 aromatic heterocycles. The van der Waals surface area contributed by atoms with Gasteiger partial charge in [0.25, 0.3) is 5.91 Å². The van der Waals surface area contributed by atoms with Gasteiger partial charge in [0.2, 0.25) is 5.91 Å². The zero-order valence-corrected chi connectivity index (χ0v) is 14.3. The monoisotopic (exact) mass is 380 g/mol. The van der Waals surface area contributed by atoms with Gasteiger partial charge in [0.15, 0.2) is 0 Å². The number of ether oxygens (including phenoxy) is 1. The van der Waals surface area contributed by atoms with Crippen LogP contribution >= 0.6 is 11.6 Å². The fraction of sp³-hybridized carbons (Fsp3) is 0.222. The SMILES string of the molecule is O=C(Nc1ccc(N2CCCC2=O)c(Cl)c1)c1ccc(OC(F)F)cc1. The van der Waals surface area contributed by atoms with Crippen molar-refractivity contribution in [3.8, 4) is 5.75 Å². The van der Waals surface area contributed by atoms with Crippen molar-refractivity contribution < 1.29 is 23.1 Å². The molecule has 2 aromatic carbocycles. The Bertz CT molecular complexity index is 828. The van der Waals surface area contributed by atoms with Crippen LogP contribution < -0.4 is 15.0 Å². The van der Waals surface area contributed by atoms with Crippen molar-refractivity contribution in [3.63, 3.8) is 0 Å². The Morgan fingerprint density at radius 1 is 1.19 bits per heavy atom. The van der Waals surface area contributed by atoms with Gasteiger partial charge in [-0.2, -0.15) is 8.78 Å². The lowest BCUT2D eigenvalue weighted by molar-refractivity contribution is -0.117. The molecule has 3 rings (SSSR count). The normalized spacial score (nSPS) is 14.0. The maximum absolute atomic E-state index is 12.2. The number of halogens is 3. The van der Waals surface area contributed by atoms with Crippen LogP contribution in [-0.2, 0) is 4.79 Å². The highest BCUT2D eigenvalue weighted by atomic mass is 35.5. The van der Waals surface area contributed by atoms with E-state index in [4.69, 9.17) is 11.6 Å². The van der Waals surface area contributed by atoms with E-state index in [9.17, 15) is 18.4 Å². The number of nitrogens with one attached hydrogen (secondary N) is 1. The molecule has 0 atom stereocenters. The van der Waals surface area contributed by atoms with Gasteiger partial charge in [-0.3, -0.25) is 9.59 Å². The first kappa shape index (κ1) is 18.1. The van der Waals surface area contributed by atoms with E-state index in [1.165, 1.54) is 24.3 Å². The van der Waals surface area contributed by atoms with Crippen molar-refractivity contribution in [1.82, 2.24) is 0 Å². The van der Waals surface area contributed by atoms with Gasteiger partial charge < -0.3 is 15.0 Å². The van der Waals surface area contributed by atoms with E-state index in [1.807, 2.05) is 0 Å². The molecule has 2 amide bonds. The lowest BCUT2D eigenvalue weighted by Gasteiger charge is -2.18. The molecule has 1 saturated heterocycles. The van der Waals surface area contributed by atoms with E-state index in [0.717, 1.165) is 6.42 Å². The summed E-state index contributed by atoms with van der Waals surface area (Å²) in [6, 6.07) is 10.2. The molecule has 0 bridgehead atoms. The van der Waals surface area contributed by atoms with E-state index >= 15 is 0 Å². The van der Waals surface area contributed by atoms with Crippen molar-refractivity contribution in [2.75, 3.05) is 16.8 Å². The molecule has 1 N–H and O–H groups in total. The molecule has 1 aliphatic heterocycles. The maximum Gasteiger partial charge on any atom is 0.387 e. The zero-order valence-electron chi connectivity index (χ0n) is 13.5. The molecule has 0 radical (unpaired) electrons. The van der Waals surface area contributed by atoms with Crippen molar-refractivity contribution in [2.24, 2.45) is 0 Å². The van der Waals surface area contributed by atoms with E-state index < -0.39 is 12.5 Å². The first-order valence-corrected chi connectivity index (χ1v) is 8.28. The number of anilines is 2. The molecule has 5 nitrogen and oxygen atoms in total. The van der Waals surface area contributed by atoms with Crippen LogP contribution in [0.1, 0.15) is 23.2 Å². The molecule has 8 heteroatoms. The first-order chi connectivity index (χ1) is 12.4. The smallest absolute Gasteiger partial charge is 0.387 e. The average Bonchev–Trinajstić information content (AvgIpc) is 3.01. The zero-order chi connectivity index (χ0) is 18.7. The van der Waals surface area contributed by atoms with Crippen molar-refractivity contribution in [2.45, 2.75) is 19.5 Å². The molecule has 0 aliphatic carbocycles. The third kappa shape index (κ3) is 4.11. The Balaban J connectivity index is 1.69. The molecule has 26 heavy (non-hydrogen) atoms. The second kappa shape index (κ2) is 7.70. The third-order valence-corrected chi connectivity index (χ3v) is 4.21. The van der Waals surface area contributed by atoms with Gasteiger partial charge in [-0.05, 0) is 48.9 Å². The van der Waals surface area contributed by atoms with Crippen LogP contribution in [0.3, 0.4) is 0 Å². The highest BCUT2D eigenvalue weighted by molar-refractivity contribution is 6.34. The maximum atomic E-state index is 12.2. The molecule has 136 valence electrons. The molecule has 1 heterocycles. The minimum absolute atomic E-state index is 0.0230. The van der Waals surface area contributed by atoms with Gasteiger partial charge >= 0.3 is 6.61 Å². The number of carbonyl (C=O) groups is 2. The number of alkyl halides is 2. The minimum Gasteiger partial charge on any atom is -0.435 e. The summed E-state index contributed by atoms with van der Waals surface area (Å²) in [5.74, 6) is -0.427. The number of benzene rings is 2. The van der Waals surface area contributed by atoms with Crippen molar-refractivity contribution >= 4 is 34.8 Å². The molecular formula is C18H15ClF2N2O3. The molecule has 0 unspecified atom stereocenters. The number of carbonyl (C=O) groups excluding carboxylic acids is 2. The summed E-state index contributed by atoms with van der Waals surface area (Å²) in [4.78, 5) is 25.7. The van der Waals surface area contributed by atoms with Gasteiger partial charge in [-0.15, -0.1) is 0 Å². The van der Waals surface area contributed by atoms with E-state index in [1.54, 1.807) is 23.1 Å². The molecule has 0 spiro atoms. The Hall–Kier alpha value is -2.67. The van der Waals surface area contributed by atoms with Gasteiger partial charge in [0.05, 0.1) is 10.7 Å². The Kier molecular flexibility index (Phi) is 5.37. The lowest BCUT2D eigenvalue weighted by atomic mass is 10.2. The standard InChI is InChI=1S/C18H15ClF2N2O3/c19-14-10-12(5-8-15(14)23-9-1-2-16(23)24)22-17(25)11-3-6-13(7-4-11)26-18(20)21/h3-8,10,18H,1-2,9H2,(H,22,25). The van der Waals surface area contributed by atoms with Gasteiger partial charge in [-0.25, -0.2) is 0 Å². The van der Waals surface area contributed by atoms with E-state index in [-0.39, 0.29) is 17.2 Å². The topological polar surface area (TPSA) is 58.6 Å². The molecule has 1 aliphatic rings. The van der Waals surface area contributed by atoms with Crippen LogP contribution in [0.4, 0.5) is 20.2 Å². The summed E-state index contributed by atoms with van der Waals surface area (Å²) >= 11 is 6.24. The molecule has 0 saturated carbocycles. The molecule has 1 fully saturated rings. The predicted molar refractivity (Wildman–Crippen MR) is 94.1 cm³/mol. The summed E-state index contributed by atoms with van der Waals surface area (Å²) in [6.45, 7) is -2.30. The number of hydrogen-bond acceptors (Lipinski definition) is 3. The predicted octanol–water partition coefficient (Wildman–Crippen LogP) is 4.32. The molecular weight excluding hydrogens is 366 g/mol. The Labute approximate surface area is 153 Å². The Morgan fingerprint density at radius 2 is 1.92 bits per heavy atom. The summed E-state index contributed by atoms with van der Waals surface area (Å²) in [7, 11) is 0. The second-order valence-corrected chi connectivity index (χ2v) is 6.08. The average molecular weight is 381 g/mol. The largest absolute Gasteiger partial charge is 0.435 e. The second-order valence-electron chi connectivity index (χ2n) is 5.67. The first-order valence-electron chi connectivity index (χ1n) is 7.90. The summed E-state index contributed by atoms with van der Waals surface area (Å²) < 4.78 is 28.5. The van der Waals surface area contributed by atoms with Crippen LogP contribution in [0, 0.1) is 0 Å². The minimum atomic E-state index is -2.92. The summed E-state index contributed by atoms with van der Waals surface area (Å²) in [5, 5.41) is 3.03. The summed E-state index contributed by atoms with van der Waals surface area (Å²) in [5.41, 5.74) is 1.35. The van der Waals surface area contributed by atoms with E-state index in [0.29, 0.717) is 29.4 Å². The van der Waals surface area contributed by atoms with Gasteiger partial charge in [0.1, 0.15) is 5.75 Å². The Morgan fingerprint density at radius 3 is 2.50 bits per heavy atom. The van der Waals surface area contributed by atoms with Gasteiger partial charge in [0, 0.05) is 24.2 Å². The fourth-order valence-corrected chi connectivity index (χ4v) is 2.98. The third-order valence-electron chi connectivity index (χ3n) is 3.91. The number of nitrogens with zero attached hydrogens (tertiary/aromatic N) is 1. The van der Waals surface area contributed by atoms with Crippen LogP contribution in [0.5, 0.6) is 5.75 Å². The number of rotatable bonds is 5. The van der Waals surface area contributed by atoms with Crippen LogP contribution in [0.25, 0.3) is 0 Å². The van der Waals surface area contributed by atoms with Crippen LogP contribution in [0.15, 0.2) is 42.5 Å². The van der Waals surface area contributed by atoms with Crippen LogP contribution in [0.2, 0.25) is 5.02 Å². The summed E-state index contributed by atoms with van der Waals surface area (Å²) in [6.07, 6.45) is 1.29. The highest BCUT2D eigenvalue weighted by Crippen LogP contribution is 2.31. The lowest BCUT2D eigenvalue weighted by Crippen LogP contribution is -2.24. The highest BCUT2D eigenvalue weighted by Gasteiger charge is 2.23. The molecule has 2 aromatic rings. The van der Waals surface area contributed by atoms with E-state index in [2.05, 4.69) is 10.1 Å². The van der Waals surface area contributed by atoms with Crippen LogP contribution in [-0.4, -0.2) is 25.0 Å². The quantitative estimate of drug-likeness (QED) is 0.840. The van der Waals surface area contributed by atoms with Crippen molar-refractivity contribution in [1.29, 1.82) is 0 Å². The fourth-order valence-electron chi connectivity index (χ4n) is 2.70. The van der Waals surface area contributed by atoms with Crippen molar-refractivity contribution in [3.05, 3.63) is 53.1 Å².